The highest BCUT2D eigenvalue weighted by Crippen LogP contribution is 2.33. The second-order valence-corrected chi connectivity index (χ2v) is 5.69. The summed E-state index contributed by atoms with van der Waals surface area (Å²) in [7, 11) is 0. The number of anilines is 2. The summed E-state index contributed by atoms with van der Waals surface area (Å²) >= 11 is 0. The molecule has 3 aromatic rings. The molecule has 2 aromatic carbocycles. The second-order valence-electron chi connectivity index (χ2n) is 5.69. The molecule has 0 unspecified atom stereocenters. The van der Waals surface area contributed by atoms with Gasteiger partial charge in [-0.15, -0.1) is 9.94 Å². The number of benzene rings is 2. The fourth-order valence-electron chi connectivity index (χ4n) is 2.96. The average molecular weight is 320 g/mol. The van der Waals surface area contributed by atoms with E-state index in [9.17, 15) is 10.0 Å². The topological polar surface area (TPSA) is 61.6 Å². The van der Waals surface area contributed by atoms with Gasteiger partial charge >= 0.3 is 0 Å². The lowest BCUT2D eigenvalue weighted by Crippen LogP contribution is -2.44. The highest BCUT2D eigenvalue weighted by molar-refractivity contribution is 6.02. The molecule has 0 saturated carbocycles. The highest BCUT2D eigenvalue weighted by atomic mass is 16.5. The van der Waals surface area contributed by atoms with Crippen molar-refractivity contribution in [1.29, 1.82) is 0 Å². The third-order valence-electron chi connectivity index (χ3n) is 4.11. The van der Waals surface area contributed by atoms with E-state index in [0.29, 0.717) is 18.8 Å². The summed E-state index contributed by atoms with van der Waals surface area (Å²) in [5, 5.41) is 13.3. The second kappa shape index (κ2) is 5.73. The number of aromatic nitrogens is 2. The number of nitrogens with zero attached hydrogens (tertiary/aromatic N) is 4. The number of amides is 1. The quantitative estimate of drug-likeness (QED) is 0.754. The molecule has 120 valence electrons. The molecule has 0 atom stereocenters. The van der Waals surface area contributed by atoms with E-state index in [1.165, 1.54) is 6.20 Å². The lowest BCUT2D eigenvalue weighted by atomic mass is 10.1. The molecular formula is C18H16N4O2. The fourth-order valence-corrected chi connectivity index (χ4v) is 2.96. The Labute approximate surface area is 139 Å². The third kappa shape index (κ3) is 2.48. The van der Waals surface area contributed by atoms with Crippen molar-refractivity contribution in [3.05, 3.63) is 78.1 Å². The van der Waals surface area contributed by atoms with Crippen LogP contribution in [-0.4, -0.2) is 32.6 Å². The first-order valence-corrected chi connectivity index (χ1v) is 7.66. The van der Waals surface area contributed by atoms with Crippen molar-refractivity contribution >= 4 is 17.3 Å². The zero-order chi connectivity index (χ0) is 16.5. The third-order valence-corrected chi connectivity index (χ3v) is 4.11. The lowest BCUT2D eigenvalue weighted by Gasteiger charge is -2.37. The molecule has 24 heavy (non-hydrogen) atoms. The van der Waals surface area contributed by atoms with Gasteiger partial charge in [-0.3, -0.25) is 4.79 Å². The normalized spacial score (nSPS) is 13.9. The van der Waals surface area contributed by atoms with Gasteiger partial charge in [0, 0.05) is 6.54 Å². The Balaban J connectivity index is 1.72. The lowest BCUT2D eigenvalue weighted by molar-refractivity contribution is 0.0735. The van der Waals surface area contributed by atoms with Crippen LogP contribution in [0.25, 0.3) is 0 Å². The molecule has 1 aliphatic rings. The van der Waals surface area contributed by atoms with Crippen LogP contribution in [0.15, 0.2) is 67.0 Å². The van der Waals surface area contributed by atoms with Gasteiger partial charge in [0.15, 0.2) is 0 Å². The molecule has 1 amide bonds. The van der Waals surface area contributed by atoms with Gasteiger partial charge in [-0.05, 0) is 17.7 Å². The Hall–Kier alpha value is -3.28. The maximum Gasteiger partial charge on any atom is 0.257 e. The largest absolute Gasteiger partial charge is 0.412 e. The molecule has 2 heterocycles. The smallest absolute Gasteiger partial charge is 0.257 e. The molecule has 1 N–H and O–H groups in total. The van der Waals surface area contributed by atoms with Crippen molar-refractivity contribution in [1.82, 2.24) is 14.8 Å². The molecule has 4 rings (SSSR count). The highest BCUT2D eigenvalue weighted by Gasteiger charge is 2.30. The Kier molecular flexibility index (Phi) is 3.42. The molecule has 0 fully saturated rings. The van der Waals surface area contributed by atoms with Crippen molar-refractivity contribution in [2.75, 3.05) is 11.6 Å². The maximum atomic E-state index is 12.8. The predicted molar refractivity (Wildman–Crippen MR) is 89.2 cm³/mol. The van der Waals surface area contributed by atoms with E-state index in [-0.39, 0.29) is 5.91 Å². The summed E-state index contributed by atoms with van der Waals surface area (Å²) in [4.78, 5) is 17.4. The van der Waals surface area contributed by atoms with Gasteiger partial charge in [0.2, 0.25) is 0 Å². The number of fused-ring (bicyclic) bond motifs is 1. The molecule has 0 spiro atoms. The molecule has 0 radical (unpaired) electrons. The van der Waals surface area contributed by atoms with Gasteiger partial charge < -0.3 is 15.0 Å². The standard InChI is InChI=1S/C18H16N4O2/c23-18-16-8-4-5-9-17(16)21(15-10-19-22(24)12-15)13-20(18)11-14-6-2-1-3-7-14/h1-10,12,24H,11,13H2. The first-order valence-electron chi connectivity index (χ1n) is 7.66. The molecule has 6 nitrogen and oxygen atoms in total. The van der Waals surface area contributed by atoms with Crippen LogP contribution in [-0.2, 0) is 6.54 Å². The Morgan fingerprint density at radius 1 is 1.04 bits per heavy atom. The fraction of sp³-hybridized carbons (Fsp3) is 0.111. The van der Waals surface area contributed by atoms with E-state index in [0.717, 1.165) is 21.8 Å². The molecule has 0 saturated heterocycles. The van der Waals surface area contributed by atoms with E-state index >= 15 is 0 Å². The molecule has 0 bridgehead atoms. The van der Waals surface area contributed by atoms with Crippen LogP contribution < -0.4 is 4.90 Å². The van der Waals surface area contributed by atoms with Crippen molar-refractivity contribution in [3.63, 3.8) is 0 Å². The summed E-state index contributed by atoms with van der Waals surface area (Å²) in [5.74, 6) is 0.00194. The number of carbonyl (C=O) groups excluding carboxylic acids is 1. The monoisotopic (exact) mass is 320 g/mol. The maximum absolute atomic E-state index is 12.8. The van der Waals surface area contributed by atoms with E-state index < -0.39 is 0 Å². The van der Waals surface area contributed by atoms with Gasteiger partial charge in [-0.1, -0.05) is 42.5 Å². The number of carbonyl (C=O) groups is 1. The van der Waals surface area contributed by atoms with Crippen LogP contribution in [0.1, 0.15) is 15.9 Å². The van der Waals surface area contributed by atoms with Crippen molar-refractivity contribution in [3.8, 4) is 0 Å². The van der Waals surface area contributed by atoms with E-state index in [4.69, 9.17) is 0 Å². The number of hydrogen-bond donors (Lipinski definition) is 1. The van der Waals surface area contributed by atoms with Crippen molar-refractivity contribution < 1.29 is 10.0 Å². The number of rotatable bonds is 3. The van der Waals surface area contributed by atoms with Crippen molar-refractivity contribution in [2.24, 2.45) is 0 Å². The molecular weight excluding hydrogens is 304 g/mol. The Morgan fingerprint density at radius 3 is 2.54 bits per heavy atom. The number of para-hydroxylation sites is 1. The summed E-state index contributed by atoms with van der Waals surface area (Å²) < 4.78 is 0. The summed E-state index contributed by atoms with van der Waals surface area (Å²) in [6.07, 6.45) is 3.10. The van der Waals surface area contributed by atoms with Crippen LogP contribution >= 0.6 is 0 Å². The summed E-state index contributed by atoms with van der Waals surface area (Å²) in [6, 6.07) is 17.4. The molecule has 1 aromatic heterocycles. The minimum atomic E-state index is 0.00194. The van der Waals surface area contributed by atoms with E-state index in [1.807, 2.05) is 59.5 Å². The van der Waals surface area contributed by atoms with Gasteiger partial charge in [0.25, 0.3) is 5.91 Å². The number of hydrogen-bond acceptors (Lipinski definition) is 4. The van der Waals surface area contributed by atoms with Gasteiger partial charge in [0.1, 0.15) is 0 Å². The van der Waals surface area contributed by atoms with Gasteiger partial charge in [-0.25, -0.2) is 0 Å². The van der Waals surface area contributed by atoms with Crippen molar-refractivity contribution in [2.45, 2.75) is 6.54 Å². The Morgan fingerprint density at radius 2 is 1.79 bits per heavy atom. The van der Waals surface area contributed by atoms with Gasteiger partial charge in [0.05, 0.1) is 36.0 Å². The zero-order valence-corrected chi connectivity index (χ0v) is 12.9. The minimum Gasteiger partial charge on any atom is -0.412 e. The minimum absolute atomic E-state index is 0.00194. The van der Waals surface area contributed by atoms with Crippen LogP contribution in [0.2, 0.25) is 0 Å². The molecule has 6 heteroatoms. The Bertz CT molecular complexity index is 875. The van der Waals surface area contributed by atoms with E-state index in [1.54, 1.807) is 11.1 Å². The van der Waals surface area contributed by atoms with Crippen LogP contribution in [0.5, 0.6) is 0 Å². The van der Waals surface area contributed by atoms with Crippen LogP contribution in [0.3, 0.4) is 0 Å². The van der Waals surface area contributed by atoms with Crippen LogP contribution in [0, 0.1) is 0 Å². The first-order chi connectivity index (χ1) is 11.7. The predicted octanol–water partition coefficient (Wildman–Crippen LogP) is 2.87. The first kappa shape index (κ1) is 14.3. The van der Waals surface area contributed by atoms with E-state index in [2.05, 4.69) is 5.10 Å². The molecule has 1 aliphatic heterocycles. The van der Waals surface area contributed by atoms with Crippen LogP contribution in [0.4, 0.5) is 11.4 Å². The summed E-state index contributed by atoms with van der Waals surface area (Å²) in [6.45, 7) is 0.925. The zero-order valence-electron chi connectivity index (χ0n) is 12.9. The summed E-state index contributed by atoms with van der Waals surface area (Å²) in [5.41, 5.74) is 3.27. The average Bonchev–Trinajstić information content (AvgIpc) is 3.05. The SMILES string of the molecule is O=C1c2ccccc2N(c2cnn(O)c2)CN1Cc1ccccc1. The van der Waals surface area contributed by atoms with Gasteiger partial charge in [-0.2, -0.15) is 0 Å². The molecule has 0 aliphatic carbocycles.